The largest absolute Gasteiger partial charge is 0.419 e. The second kappa shape index (κ2) is 12.6. The number of urea groups is 1. The van der Waals surface area contributed by atoms with Gasteiger partial charge in [-0.1, -0.05) is 12.1 Å². The number of alkyl halides is 3. The van der Waals surface area contributed by atoms with E-state index >= 15 is 4.39 Å². The molecule has 41 heavy (non-hydrogen) atoms. The molecule has 0 aromatic heterocycles. The Bertz CT molecular complexity index is 1350. The fourth-order valence-corrected chi connectivity index (χ4v) is 4.55. The third-order valence-corrected chi connectivity index (χ3v) is 6.67. The van der Waals surface area contributed by atoms with E-state index in [1.54, 1.807) is 31.3 Å². The summed E-state index contributed by atoms with van der Waals surface area (Å²) in [6, 6.07) is 8.92. The average molecular weight is 575 g/mol. The number of aryl methyl sites for hydroxylation is 1. The van der Waals surface area contributed by atoms with Crippen molar-refractivity contribution in [1.82, 2.24) is 16.0 Å². The highest BCUT2D eigenvalue weighted by Gasteiger charge is 2.38. The molecule has 0 radical (unpaired) electrons. The molecular formula is C28H34F4N8O. The molecule has 2 unspecified atom stereocenters. The second-order valence-corrected chi connectivity index (χ2v) is 10.1. The van der Waals surface area contributed by atoms with Crippen LogP contribution in [0.15, 0.2) is 59.2 Å². The fraction of sp³-hybridized carbons (Fsp3) is 0.357. The lowest BCUT2D eigenvalue weighted by atomic mass is 9.98. The predicted octanol–water partition coefficient (Wildman–Crippen LogP) is 3.26. The van der Waals surface area contributed by atoms with Gasteiger partial charge in [-0.2, -0.15) is 13.2 Å². The Morgan fingerprint density at radius 2 is 1.88 bits per heavy atom. The van der Waals surface area contributed by atoms with Crippen molar-refractivity contribution in [1.29, 1.82) is 0 Å². The molecule has 2 amide bonds. The summed E-state index contributed by atoms with van der Waals surface area (Å²) in [5.41, 5.74) is 17.5. The number of nitrogens with one attached hydrogen (secondary N) is 3. The molecule has 2 aliphatic rings. The van der Waals surface area contributed by atoms with Crippen molar-refractivity contribution in [2.75, 3.05) is 18.0 Å². The van der Waals surface area contributed by atoms with Crippen LogP contribution in [-0.2, 0) is 19.1 Å². The lowest BCUT2D eigenvalue weighted by Crippen LogP contribution is -2.51. The van der Waals surface area contributed by atoms with Gasteiger partial charge in [0.15, 0.2) is 5.96 Å². The summed E-state index contributed by atoms with van der Waals surface area (Å²) in [5.74, 6) is -1.31. The summed E-state index contributed by atoms with van der Waals surface area (Å²) in [6.45, 7) is 3.63. The number of hydrogen-bond donors (Lipinski definition) is 6. The minimum Gasteiger partial charge on any atom is -0.370 e. The van der Waals surface area contributed by atoms with Gasteiger partial charge in [0.2, 0.25) is 0 Å². The topological polar surface area (TPSA) is 147 Å². The Labute approximate surface area is 235 Å². The molecule has 13 heteroatoms. The van der Waals surface area contributed by atoms with E-state index < -0.39 is 29.8 Å². The highest BCUT2D eigenvalue weighted by Crippen LogP contribution is 2.37. The Morgan fingerprint density at radius 3 is 2.54 bits per heavy atom. The number of guanidine groups is 1. The number of benzene rings is 2. The molecule has 2 atom stereocenters. The maximum absolute atomic E-state index is 15.2. The second-order valence-electron chi connectivity index (χ2n) is 10.1. The number of carbonyl (C=O) groups is 1. The quantitative estimate of drug-likeness (QED) is 0.105. The number of fused-ring (bicyclic) bond motifs is 1. The zero-order valence-corrected chi connectivity index (χ0v) is 22.6. The molecule has 0 spiro atoms. The molecule has 0 aliphatic carbocycles. The molecule has 9 nitrogen and oxygen atoms in total. The maximum atomic E-state index is 15.2. The van der Waals surface area contributed by atoms with Gasteiger partial charge in [0.1, 0.15) is 12.0 Å². The van der Waals surface area contributed by atoms with Crippen LogP contribution >= 0.6 is 0 Å². The third-order valence-electron chi connectivity index (χ3n) is 6.67. The summed E-state index contributed by atoms with van der Waals surface area (Å²) in [4.78, 5) is 18.2. The summed E-state index contributed by atoms with van der Waals surface area (Å²) in [6.07, 6.45) is -0.953. The number of anilines is 1. The van der Waals surface area contributed by atoms with Crippen LogP contribution in [0.25, 0.3) is 5.70 Å². The van der Waals surface area contributed by atoms with Gasteiger partial charge in [0.05, 0.1) is 11.3 Å². The Kier molecular flexibility index (Phi) is 9.18. The SMILES string of the molecule is CC(N)CCc1cc(C2=CC3=CN(c4ccc(CNCCCN=C(N)N)cc4)C(=O)NC3N2)c(F)c(C(F)(F)F)c1. The number of nitrogens with two attached hydrogens (primary N) is 3. The van der Waals surface area contributed by atoms with Gasteiger partial charge in [-0.3, -0.25) is 9.89 Å². The van der Waals surface area contributed by atoms with Crippen molar-refractivity contribution in [2.24, 2.45) is 22.2 Å². The zero-order valence-electron chi connectivity index (χ0n) is 22.6. The van der Waals surface area contributed by atoms with Crippen molar-refractivity contribution in [3.8, 4) is 0 Å². The number of amides is 2. The van der Waals surface area contributed by atoms with E-state index in [0.29, 0.717) is 36.3 Å². The number of halogens is 4. The van der Waals surface area contributed by atoms with Gasteiger partial charge in [0, 0.05) is 42.2 Å². The average Bonchev–Trinajstić information content (AvgIpc) is 3.31. The molecule has 220 valence electrons. The van der Waals surface area contributed by atoms with E-state index in [1.165, 1.54) is 11.0 Å². The molecular weight excluding hydrogens is 540 g/mol. The summed E-state index contributed by atoms with van der Waals surface area (Å²) >= 11 is 0. The molecule has 0 fully saturated rings. The highest BCUT2D eigenvalue weighted by molar-refractivity contribution is 5.96. The smallest absolute Gasteiger partial charge is 0.370 e. The van der Waals surface area contributed by atoms with E-state index in [-0.39, 0.29) is 29.7 Å². The van der Waals surface area contributed by atoms with Gasteiger partial charge >= 0.3 is 12.2 Å². The predicted molar refractivity (Wildman–Crippen MR) is 151 cm³/mol. The lowest BCUT2D eigenvalue weighted by molar-refractivity contribution is -0.140. The van der Waals surface area contributed by atoms with Gasteiger partial charge in [0.25, 0.3) is 0 Å². The third kappa shape index (κ3) is 7.55. The number of nitrogens with zero attached hydrogens (tertiary/aromatic N) is 2. The first kappa shape index (κ1) is 29.9. The van der Waals surface area contributed by atoms with Crippen LogP contribution in [0.3, 0.4) is 0 Å². The van der Waals surface area contributed by atoms with Crippen LogP contribution in [0.2, 0.25) is 0 Å². The molecule has 9 N–H and O–H groups in total. The molecule has 2 heterocycles. The van der Waals surface area contributed by atoms with Crippen LogP contribution in [-0.4, -0.2) is 37.3 Å². The van der Waals surface area contributed by atoms with Crippen molar-refractivity contribution < 1.29 is 22.4 Å². The molecule has 0 saturated heterocycles. The number of carbonyl (C=O) groups excluding carboxylic acids is 1. The minimum atomic E-state index is -4.87. The fourth-order valence-electron chi connectivity index (χ4n) is 4.55. The first-order valence-corrected chi connectivity index (χ1v) is 13.2. The molecule has 2 aromatic carbocycles. The first-order chi connectivity index (χ1) is 19.4. The molecule has 2 aromatic rings. The van der Waals surface area contributed by atoms with Crippen molar-refractivity contribution in [3.63, 3.8) is 0 Å². The maximum Gasteiger partial charge on any atom is 0.419 e. The zero-order chi connectivity index (χ0) is 29.7. The van der Waals surface area contributed by atoms with Gasteiger partial charge in [-0.15, -0.1) is 0 Å². The van der Waals surface area contributed by atoms with Crippen LogP contribution in [0.4, 0.5) is 28.0 Å². The van der Waals surface area contributed by atoms with E-state index in [4.69, 9.17) is 17.2 Å². The van der Waals surface area contributed by atoms with Crippen molar-refractivity contribution in [2.45, 2.75) is 51.1 Å². The van der Waals surface area contributed by atoms with Crippen LogP contribution in [0.1, 0.15) is 42.0 Å². The van der Waals surface area contributed by atoms with Crippen molar-refractivity contribution >= 4 is 23.4 Å². The summed E-state index contributed by atoms with van der Waals surface area (Å²) in [5, 5.41) is 9.01. The Balaban J connectivity index is 1.51. The van der Waals surface area contributed by atoms with Gasteiger partial charge in [-0.25, -0.2) is 9.18 Å². The molecule has 0 saturated carbocycles. The minimum absolute atomic E-state index is 0.0636. The van der Waals surface area contributed by atoms with Crippen LogP contribution in [0, 0.1) is 5.82 Å². The molecule has 2 aliphatic heterocycles. The number of hydrogen-bond acceptors (Lipinski definition) is 5. The van der Waals surface area contributed by atoms with Crippen LogP contribution in [0.5, 0.6) is 0 Å². The first-order valence-electron chi connectivity index (χ1n) is 13.2. The number of aliphatic imine (C=N–C) groups is 1. The molecule has 4 rings (SSSR count). The van der Waals surface area contributed by atoms with Crippen LogP contribution < -0.4 is 38.1 Å². The van der Waals surface area contributed by atoms with E-state index in [9.17, 15) is 18.0 Å². The van der Waals surface area contributed by atoms with Gasteiger partial charge in [-0.05, 0) is 74.2 Å². The molecule has 0 bridgehead atoms. The van der Waals surface area contributed by atoms with E-state index in [0.717, 1.165) is 24.6 Å². The van der Waals surface area contributed by atoms with E-state index in [2.05, 4.69) is 20.9 Å². The van der Waals surface area contributed by atoms with Gasteiger partial charge < -0.3 is 33.2 Å². The lowest BCUT2D eigenvalue weighted by Gasteiger charge is -2.29. The Morgan fingerprint density at radius 1 is 1.15 bits per heavy atom. The van der Waals surface area contributed by atoms with E-state index in [1.807, 2.05) is 12.1 Å². The summed E-state index contributed by atoms with van der Waals surface area (Å²) < 4.78 is 56.1. The number of rotatable bonds is 11. The normalized spacial score (nSPS) is 17.3. The monoisotopic (exact) mass is 574 g/mol. The standard InChI is InChI=1S/C28H34F4N8O/c1-16(33)3-4-18-11-21(24(29)22(12-18)28(30,31)32)23-13-19-15-40(27(41)39-25(19)38-23)20-7-5-17(6-8-20)14-36-9-2-10-37-26(34)35/h5-8,11-13,15-16,25,36,38H,2-4,9-10,14,33H2,1H3,(H,39,41)(H4,34,35,37). The Hall–Kier alpha value is -4.10. The van der Waals surface area contributed by atoms with Crippen molar-refractivity contribution in [3.05, 3.63) is 82.3 Å². The summed E-state index contributed by atoms with van der Waals surface area (Å²) in [7, 11) is 0. The highest BCUT2D eigenvalue weighted by atomic mass is 19.4.